The lowest BCUT2D eigenvalue weighted by molar-refractivity contribution is -0.205. The molecule has 0 unspecified atom stereocenters. The van der Waals surface area contributed by atoms with Crippen molar-refractivity contribution in [1.29, 1.82) is 0 Å². The molecule has 1 rings (SSSR count). The molecule has 0 aromatic heterocycles. The van der Waals surface area contributed by atoms with E-state index in [0.29, 0.717) is 6.61 Å². The van der Waals surface area contributed by atoms with Crippen LogP contribution in [0.1, 0.15) is 51.9 Å². The van der Waals surface area contributed by atoms with Gasteiger partial charge in [0.15, 0.2) is 0 Å². The SMILES string of the molecule is CCCCCCCC/C=C/CO[C@H]1CO[C@H](CO)[C@@H](O)[C@@H]1O. The predicted octanol–water partition coefficient (Wildman–Crippen LogP) is 1.79. The van der Waals surface area contributed by atoms with Gasteiger partial charge in [0.2, 0.25) is 0 Å². The largest absolute Gasteiger partial charge is 0.394 e. The summed E-state index contributed by atoms with van der Waals surface area (Å²) in [7, 11) is 0. The maximum absolute atomic E-state index is 9.89. The van der Waals surface area contributed by atoms with Gasteiger partial charge in [-0.3, -0.25) is 0 Å². The van der Waals surface area contributed by atoms with Crippen molar-refractivity contribution in [3.8, 4) is 0 Å². The Morgan fingerprint density at radius 1 is 1.05 bits per heavy atom. The fourth-order valence-electron chi connectivity index (χ4n) is 2.57. The second-order valence-electron chi connectivity index (χ2n) is 5.94. The molecule has 4 atom stereocenters. The van der Waals surface area contributed by atoms with Gasteiger partial charge in [-0.05, 0) is 12.8 Å². The number of hydrogen-bond acceptors (Lipinski definition) is 5. The van der Waals surface area contributed by atoms with E-state index in [9.17, 15) is 10.2 Å². The van der Waals surface area contributed by atoms with Crippen molar-refractivity contribution in [2.75, 3.05) is 19.8 Å². The second kappa shape index (κ2) is 12.0. The monoisotopic (exact) mass is 316 g/mol. The van der Waals surface area contributed by atoms with Gasteiger partial charge in [0.25, 0.3) is 0 Å². The van der Waals surface area contributed by atoms with E-state index in [1.54, 1.807) is 0 Å². The van der Waals surface area contributed by atoms with Gasteiger partial charge < -0.3 is 24.8 Å². The Labute approximate surface area is 133 Å². The van der Waals surface area contributed by atoms with E-state index < -0.39 is 24.4 Å². The van der Waals surface area contributed by atoms with Crippen LogP contribution < -0.4 is 0 Å². The minimum absolute atomic E-state index is 0.189. The van der Waals surface area contributed by atoms with Crippen molar-refractivity contribution < 1.29 is 24.8 Å². The maximum Gasteiger partial charge on any atom is 0.111 e. The molecule has 1 aliphatic rings. The van der Waals surface area contributed by atoms with Crippen LogP contribution in [-0.2, 0) is 9.47 Å². The van der Waals surface area contributed by atoms with Crippen LogP contribution in [-0.4, -0.2) is 59.6 Å². The molecule has 0 aliphatic carbocycles. The Balaban J connectivity index is 2.05. The van der Waals surface area contributed by atoms with Gasteiger partial charge in [0.1, 0.15) is 24.4 Å². The maximum atomic E-state index is 9.89. The van der Waals surface area contributed by atoms with Crippen molar-refractivity contribution in [2.24, 2.45) is 0 Å². The summed E-state index contributed by atoms with van der Waals surface area (Å²) >= 11 is 0. The van der Waals surface area contributed by atoms with Crippen LogP contribution >= 0.6 is 0 Å². The molecule has 0 bridgehead atoms. The van der Waals surface area contributed by atoms with Gasteiger partial charge in [0.05, 0.1) is 19.8 Å². The molecule has 1 aliphatic heterocycles. The van der Waals surface area contributed by atoms with E-state index in [1.165, 1.54) is 38.5 Å². The molecule has 5 nitrogen and oxygen atoms in total. The third kappa shape index (κ3) is 7.20. The summed E-state index contributed by atoms with van der Waals surface area (Å²) in [5, 5.41) is 28.6. The molecule has 130 valence electrons. The first-order chi connectivity index (χ1) is 10.7. The number of aliphatic hydroxyl groups excluding tert-OH is 3. The predicted molar refractivity (Wildman–Crippen MR) is 85.7 cm³/mol. The third-order valence-electron chi connectivity index (χ3n) is 4.06. The van der Waals surface area contributed by atoms with Gasteiger partial charge in [-0.1, -0.05) is 51.2 Å². The fraction of sp³-hybridized carbons (Fsp3) is 0.882. The Kier molecular flexibility index (Phi) is 10.7. The number of aliphatic hydroxyl groups is 3. The van der Waals surface area contributed by atoms with Crippen LogP contribution in [0, 0.1) is 0 Å². The van der Waals surface area contributed by atoms with Crippen LogP contribution in [0.4, 0.5) is 0 Å². The molecular weight excluding hydrogens is 284 g/mol. The molecule has 3 N–H and O–H groups in total. The highest BCUT2D eigenvalue weighted by Crippen LogP contribution is 2.17. The first-order valence-corrected chi connectivity index (χ1v) is 8.55. The minimum Gasteiger partial charge on any atom is -0.394 e. The average molecular weight is 316 g/mol. The summed E-state index contributed by atoms with van der Waals surface area (Å²) in [4.78, 5) is 0. The average Bonchev–Trinajstić information content (AvgIpc) is 2.53. The highest BCUT2D eigenvalue weighted by atomic mass is 16.6. The van der Waals surface area contributed by atoms with Crippen LogP contribution in [0.2, 0.25) is 0 Å². The highest BCUT2D eigenvalue weighted by Gasteiger charge is 2.38. The van der Waals surface area contributed by atoms with Gasteiger partial charge >= 0.3 is 0 Å². The van der Waals surface area contributed by atoms with E-state index in [2.05, 4.69) is 13.0 Å². The van der Waals surface area contributed by atoms with Crippen molar-refractivity contribution in [3.63, 3.8) is 0 Å². The zero-order valence-electron chi connectivity index (χ0n) is 13.7. The van der Waals surface area contributed by atoms with E-state index in [0.717, 1.165) is 6.42 Å². The standard InChI is InChI=1S/C17H32O5/c1-2-3-4-5-6-7-8-9-10-11-21-15-13-22-14(12-18)16(19)17(15)20/h9-10,14-20H,2-8,11-13H2,1H3/b10-9+/t14-,15+,16-,17-/m1/s1. The lowest BCUT2D eigenvalue weighted by Crippen LogP contribution is -2.54. The number of rotatable bonds is 11. The Hall–Kier alpha value is -0.460. The van der Waals surface area contributed by atoms with Crippen molar-refractivity contribution >= 4 is 0 Å². The van der Waals surface area contributed by atoms with Crippen molar-refractivity contribution in [1.82, 2.24) is 0 Å². The molecule has 0 aromatic carbocycles. The Bertz CT molecular complexity index is 295. The summed E-state index contributed by atoms with van der Waals surface area (Å²) in [6, 6.07) is 0. The first-order valence-electron chi connectivity index (χ1n) is 8.55. The number of hydrogen-bond donors (Lipinski definition) is 3. The molecule has 0 amide bonds. The molecule has 22 heavy (non-hydrogen) atoms. The van der Waals surface area contributed by atoms with E-state index in [-0.39, 0.29) is 13.2 Å². The molecule has 1 fully saturated rings. The summed E-state index contributed by atoms with van der Waals surface area (Å²) in [5.74, 6) is 0. The van der Waals surface area contributed by atoms with Gasteiger partial charge in [-0.25, -0.2) is 0 Å². The first kappa shape index (κ1) is 19.6. The van der Waals surface area contributed by atoms with Crippen LogP contribution in [0.5, 0.6) is 0 Å². The molecule has 0 aromatic rings. The topological polar surface area (TPSA) is 79.2 Å². The summed E-state index contributed by atoms with van der Waals surface area (Å²) in [6.07, 6.45) is 9.44. The smallest absolute Gasteiger partial charge is 0.111 e. The van der Waals surface area contributed by atoms with E-state index in [1.807, 2.05) is 6.08 Å². The number of unbranched alkanes of at least 4 members (excludes halogenated alkanes) is 6. The van der Waals surface area contributed by atoms with Gasteiger partial charge in [0, 0.05) is 0 Å². The Morgan fingerprint density at radius 3 is 2.50 bits per heavy atom. The van der Waals surface area contributed by atoms with Crippen LogP contribution in [0.3, 0.4) is 0 Å². The summed E-state index contributed by atoms with van der Waals surface area (Å²) in [6.45, 7) is 2.51. The third-order valence-corrected chi connectivity index (χ3v) is 4.06. The quantitative estimate of drug-likeness (QED) is 0.400. The van der Waals surface area contributed by atoms with Gasteiger partial charge in [-0.15, -0.1) is 0 Å². The molecule has 1 saturated heterocycles. The zero-order valence-corrected chi connectivity index (χ0v) is 13.7. The van der Waals surface area contributed by atoms with Crippen LogP contribution in [0.25, 0.3) is 0 Å². The van der Waals surface area contributed by atoms with E-state index in [4.69, 9.17) is 14.6 Å². The second-order valence-corrected chi connectivity index (χ2v) is 5.94. The lowest BCUT2D eigenvalue weighted by atomic mass is 10.0. The lowest BCUT2D eigenvalue weighted by Gasteiger charge is -2.36. The normalized spacial score (nSPS) is 29.3. The summed E-state index contributed by atoms with van der Waals surface area (Å²) < 4.78 is 10.8. The summed E-state index contributed by atoms with van der Waals surface area (Å²) in [5.41, 5.74) is 0. The molecule has 1 heterocycles. The van der Waals surface area contributed by atoms with Crippen molar-refractivity contribution in [3.05, 3.63) is 12.2 Å². The zero-order chi connectivity index (χ0) is 16.2. The fourth-order valence-corrected chi connectivity index (χ4v) is 2.57. The van der Waals surface area contributed by atoms with Gasteiger partial charge in [-0.2, -0.15) is 0 Å². The Morgan fingerprint density at radius 2 is 1.77 bits per heavy atom. The van der Waals surface area contributed by atoms with E-state index >= 15 is 0 Å². The molecular formula is C17H32O5. The molecule has 0 spiro atoms. The minimum atomic E-state index is -1.10. The highest BCUT2D eigenvalue weighted by molar-refractivity contribution is 4.89. The van der Waals surface area contributed by atoms with Crippen molar-refractivity contribution in [2.45, 2.75) is 76.3 Å². The molecule has 0 saturated carbocycles. The molecule has 0 radical (unpaired) electrons. The molecule has 5 heteroatoms. The number of ether oxygens (including phenoxy) is 2. The van der Waals surface area contributed by atoms with Crippen LogP contribution in [0.15, 0.2) is 12.2 Å². The number of allylic oxidation sites excluding steroid dienone is 1.